The van der Waals surface area contributed by atoms with Crippen LogP contribution in [0.15, 0.2) is 36.4 Å². The zero-order chi connectivity index (χ0) is 11.4. The largest absolute Gasteiger partial charge is 0.478 e. The predicted molar refractivity (Wildman–Crippen MR) is 62.1 cm³/mol. The lowest BCUT2D eigenvalue weighted by Crippen LogP contribution is -1.94. The lowest BCUT2D eigenvalue weighted by atomic mass is 10.1. The quantitative estimate of drug-likeness (QED) is 0.765. The Balaban J connectivity index is 2.00. The van der Waals surface area contributed by atoms with Gasteiger partial charge in [-0.15, -0.1) is 0 Å². The van der Waals surface area contributed by atoms with Gasteiger partial charge >= 0.3 is 5.97 Å². The van der Waals surface area contributed by atoms with Crippen molar-refractivity contribution in [2.24, 2.45) is 5.92 Å². The first-order valence-electron chi connectivity index (χ1n) is 5.27. The van der Waals surface area contributed by atoms with E-state index in [1.807, 2.05) is 6.08 Å². The molecule has 0 spiro atoms. The smallest absolute Gasteiger partial charge is 0.335 e. The Kier molecular flexibility index (Phi) is 3.07. The van der Waals surface area contributed by atoms with Gasteiger partial charge in [0.25, 0.3) is 0 Å². The van der Waals surface area contributed by atoms with Crippen molar-refractivity contribution in [2.75, 3.05) is 0 Å². The van der Waals surface area contributed by atoms with Crippen LogP contribution < -0.4 is 0 Å². The summed E-state index contributed by atoms with van der Waals surface area (Å²) in [6.07, 6.45) is 6.57. The van der Waals surface area contributed by atoms with Gasteiger partial charge in [-0.05, 0) is 49.1 Å². The summed E-state index contributed by atoms with van der Waals surface area (Å²) in [6.45, 7) is 0. The number of carboxylic acid groups (broad SMARTS) is 1. The Morgan fingerprint density at radius 1 is 1.31 bits per heavy atom. The molecule has 80 valence electrons. The molecule has 1 aromatic rings. The van der Waals surface area contributed by atoms with Crippen molar-refractivity contribution < 1.29 is 9.90 Å². The maximum atomic E-state index is 10.6. The molecule has 0 amide bonds. The van der Waals surface area contributed by atoms with E-state index in [1.165, 1.54) is 12.8 Å². The van der Waals surface area contributed by atoms with E-state index in [0.29, 0.717) is 5.56 Å². The second-order valence-electron chi connectivity index (χ2n) is 3.85. The average molecular weight is 212 g/mol. The van der Waals surface area contributed by atoms with E-state index >= 15 is 0 Å². The van der Waals surface area contributed by atoms with Crippen LogP contribution in [0.2, 0.25) is 0 Å². The molecule has 16 heavy (non-hydrogen) atoms. The lowest BCUT2D eigenvalue weighted by molar-refractivity contribution is 0.0697. The third-order valence-corrected chi connectivity index (χ3v) is 2.42. The highest BCUT2D eigenvalue weighted by Crippen LogP contribution is 2.29. The summed E-state index contributed by atoms with van der Waals surface area (Å²) in [5.74, 6) is 5.74. The van der Waals surface area contributed by atoms with Gasteiger partial charge in [0, 0.05) is 5.56 Å². The number of aromatic carboxylic acids is 1. The monoisotopic (exact) mass is 212 g/mol. The van der Waals surface area contributed by atoms with Gasteiger partial charge < -0.3 is 5.11 Å². The van der Waals surface area contributed by atoms with Crippen molar-refractivity contribution in [1.29, 1.82) is 0 Å². The zero-order valence-corrected chi connectivity index (χ0v) is 8.81. The third-order valence-electron chi connectivity index (χ3n) is 2.42. The van der Waals surface area contributed by atoms with E-state index in [1.54, 1.807) is 24.3 Å². The standard InChI is InChI=1S/C14H12O2/c15-14(16)13-9-7-12(8-10-13)4-2-1-3-11-5-6-11/h1,3,7-11H,5-6H2,(H,15,16)/b3-1+. The highest BCUT2D eigenvalue weighted by molar-refractivity contribution is 5.87. The number of rotatable bonds is 2. The van der Waals surface area contributed by atoms with Crippen LogP contribution in [0.4, 0.5) is 0 Å². The molecule has 0 radical (unpaired) electrons. The second kappa shape index (κ2) is 4.67. The summed E-state index contributed by atoms with van der Waals surface area (Å²) in [5.41, 5.74) is 1.13. The van der Waals surface area contributed by atoms with Crippen molar-refractivity contribution >= 4 is 5.97 Å². The second-order valence-corrected chi connectivity index (χ2v) is 3.85. The van der Waals surface area contributed by atoms with Gasteiger partial charge in [0.15, 0.2) is 0 Å². The lowest BCUT2D eigenvalue weighted by Gasteiger charge is -1.92. The number of allylic oxidation sites excluding steroid dienone is 2. The normalized spacial score (nSPS) is 14.5. The predicted octanol–water partition coefficient (Wildman–Crippen LogP) is 2.70. The molecule has 0 aromatic heterocycles. The average Bonchev–Trinajstić information content (AvgIpc) is 3.09. The van der Waals surface area contributed by atoms with E-state index in [4.69, 9.17) is 5.11 Å². The highest BCUT2D eigenvalue weighted by atomic mass is 16.4. The molecule has 2 rings (SSSR count). The number of benzene rings is 1. The van der Waals surface area contributed by atoms with E-state index in [-0.39, 0.29) is 0 Å². The van der Waals surface area contributed by atoms with Gasteiger partial charge in [-0.25, -0.2) is 4.79 Å². The topological polar surface area (TPSA) is 37.3 Å². The molecule has 2 nitrogen and oxygen atoms in total. The fourth-order valence-corrected chi connectivity index (χ4v) is 1.29. The first kappa shape index (κ1) is 10.5. The minimum Gasteiger partial charge on any atom is -0.478 e. The zero-order valence-electron chi connectivity index (χ0n) is 8.81. The van der Waals surface area contributed by atoms with Gasteiger partial charge in [-0.2, -0.15) is 0 Å². The fourth-order valence-electron chi connectivity index (χ4n) is 1.29. The number of carbonyl (C=O) groups is 1. The first-order chi connectivity index (χ1) is 7.75. The molecule has 1 aliphatic rings. The molecular weight excluding hydrogens is 200 g/mol. The molecule has 1 aliphatic carbocycles. The van der Waals surface area contributed by atoms with Crippen molar-refractivity contribution in [3.05, 3.63) is 47.5 Å². The van der Waals surface area contributed by atoms with Crippen molar-refractivity contribution in [1.82, 2.24) is 0 Å². The molecule has 2 heteroatoms. The summed E-state index contributed by atoms with van der Waals surface area (Å²) in [6, 6.07) is 6.58. The van der Waals surface area contributed by atoms with Crippen molar-refractivity contribution in [3.63, 3.8) is 0 Å². The SMILES string of the molecule is O=C(O)c1ccc(C#C/C=C/C2CC2)cc1. The summed E-state index contributed by atoms with van der Waals surface area (Å²) >= 11 is 0. The summed E-state index contributed by atoms with van der Waals surface area (Å²) in [4.78, 5) is 10.6. The molecule has 0 bridgehead atoms. The van der Waals surface area contributed by atoms with Crippen LogP contribution in [0, 0.1) is 17.8 Å². The van der Waals surface area contributed by atoms with Gasteiger partial charge in [-0.3, -0.25) is 0 Å². The summed E-state index contributed by atoms with van der Waals surface area (Å²) in [5, 5.41) is 8.71. The van der Waals surface area contributed by atoms with Gasteiger partial charge in [0.05, 0.1) is 5.56 Å². The Labute approximate surface area is 94.6 Å². The molecule has 0 heterocycles. The molecule has 1 N–H and O–H groups in total. The van der Waals surface area contributed by atoms with Crippen molar-refractivity contribution in [2.45, 2.75) is 12.8 Å². The van der Waals surface area contributed by atoms with Gasteiger partial charge in [-0.1, -0.05) is 17.9 Å². The molecule has 0 unspecified atom stereocenters. The highest BCUT2D eigenvalue weighted by Gasteiger charge is 2.16. The van der Waals surface area contributed by atoms with Crippen LogP contribution in [0.25, 0.3) is 0 Å². The van der Waals surface area contributed by atoms with Crippen LogP contribution in [0.3, 0.4) is 0 Å². The Bertz CT molecular complexity index is 468. The molecule has 1 aromatic carbocycles. The Morgan fingerprint density at radius 2 is 2.00 bits per heavy atom. The summed E-state index contributed by atoms with van der Waals surface area (Å²) < 4.78 is 0. The Hall–Kier alpha value is -2.01. The molecule has 0 saturated heterocycles. The first-order valence-corrected chi connectivity index (χ1v) is 5.27. The Morgan fingerprint density at radius 3 is 2.56 bits per heavy atom. The van der Waals surface area contributed by atoms with Crippen LogP contribution in [-0.2, 0) is 0 Å². The van der Waals surface area contributed by atoms with Gasteiger partial charge in [0.2, 0.25) is 0 Å². The van der Waals surface area contributed by atoms with Gasteiger partial charge in [0.1, 0.15) is 0 Å². The van der Waals surface area contributed by atoms with E-state index in [9.17, 15) is 4.79 Å². The van der Waals surface area contributed by atoms with Crippen LogP contribution >= 0.6 is 0 Å². The number of hydrogen-bond acceptors (Lipinski definition) is 1. The minimum atomic E-state index is -0.909. The molecular formula is C14H12O2. The van der Waals surface area contributed by atoms with E-state index in [0.717, 1.165) is 11.5 Å². The maximum Gasteiger partial charge on any atom is 0.335 e. The van der Waals surface area contributed by atoms with Crippen LogP contribution in [-0.4, -0.2) is 11.1 Å². The van der Waals surface area contributed by atoms with Crippen LogP contribution in [0.1, 0.15) is 28.8 Å². The minimum absolute atomic E-state index is 0.291. The third kappa shape index (κ3) is 2.99. The summed E-state index contributed by atoms with van der Waals surface area (Å²) in [7, 11) is 0. The maximum absolute atomic E-state index is 10.6. The fraction of sp³-hybridized carbons (Fsp3) is 0.214. The van der Waals surface area contributed by atoms with E-state index in [2.05, 4.69) is 17.9 Å². The molecule has 1 fully saturated rings. The molecule has 0 atom stereocenters. The number of hydrogen-bond donors (Lipinski definition) is 1. The number of carboxylic acids is 1. The molecule has 1 saturated carbocycles. The van der Waals surface area contributed by atoms with Crippen molar-refractivity contribution in [3.8, 4) is 11.8 Å². The van der Waals surface area contributed by atoms with E-state index < -0.39 is 5.97 Å². The van der Waals surface area contributed by atoms with Crippen LogP contribution in [0.5, 0.6) is 0 Å². The molecule has 0 aliphatic heterocycles.